The molecule has 10 heteroatoms. The average molecular weight is 442 g/mol. The van der Waals surface area contributed by atoms with E-state index in [2.05, 4.69) is 25.2 Å². The molecule has 1 aliphatic rings. The van der Waals surface area contributed by atoms with E-state index in [-0.39, 0.29) is 17.1 Å². The minimum absolute atomic E-state index is 0.0257. The molecule has 2 aromatic heterocycles. The second-order valence-electron chi connectivity index (χ2n) is 7.68. The molecule has 0 spiro atoms. The van der Waals surface area contributed by atoms with E-state index in [1.807, 2.05) is 11.8 Å². The summed E-state index contributed by atoms with van der Waals surface area (Å²) in [4.78, 5) is 38.3. The van der Waals surface area contributed by atoms with Crippen molar-refractivity contribution in [1.29, 1.82) is 0 Å². The molecule has 1 amide bonds. The maximum Gasteiger partial charge on any atom is 0.270 e. The van der Waals surface area contributed by atoms with E-state index in [0.717, 1.165) is 0 Å². The van der Waals surface area contributed by atoms with E-state index < -0.39 is 11.9 Å². The summed E-state index contributed by atoms with van der Waals surface area (Å²) in [5.41, 5.74) is 1.88. The van der Waals surface area contributed by atoms with E-state index in [1.165, 1.54) is 19.2 Å². The first kappa shape index (κ1) is 21.8. The number of halogens is 2. The van der Waals surface area contributed by atoms with Crippen LogP contribution in [0.1, 0.15) is 28.7 Å². The van der Waals surface area contributed by atoms with Crippen molar-refractivity contribution in [3.8, 4) is 0 Å². The number of pyridine rings is 1. The number of amides is 1. The number of nitrogens with one attached hydrogen (secondary N) is 2. The molecule has 3 heterocycles. The number of aromatic amines is 1. The van der Waals surface area contributed by atoms with Crippen molar-refractivity contribution in [3.63, 3.8) is 0 Å². The Morgan fingerprint density at radius 2 is 1.91 bits per heavy atom. The van der Waals surface area contributed by atoms with Gasteiger partial charge in [-0.25, -0.2) is 14.4 Å². The highest BCUT2D eigenvalue weighted by Crippen LogP contribution is 2.22. The van der Waals surface area contributed by atoms with Crippen LogP contribution in [0.2, 0.25) is 0 Å². The lowest BCUT2D eigenvalue weighted by Gasteiger charge is -2.36. The molecule has 8 nitrogen and oxygen atoms in total. The summed E-state index contributed by atoms with van der Waals surface area (Å²) < 4.78 is 29.1. The van der Waals surface area contributed by atoms with Crippen LogP contribution in [0.5, 0.6) is 0 Å². The summed E-state index contributed by atoms with van der Waals surface area (Å²) in [7, 11) is 1.46. The third kappa shape index (κ3) is 4.31. The molecule has 3 aromatic rings. The van der Waals surface area contributed by atoms with Crippen LogP contribution in [0.4, 0.5) is 14.5 Å². The number of fused-ring (bicyclic) bond motifs is 1. The molecule has 32 heavy (non-hydrogen) atoms. The number of benzene rings is 1. The number of anilines is 1. The number of aryl methyl sites for hydroxylation is 1. The number of aromatic nitrogens is 3. The topological polar surface area (TPSA) is 94.2 Å². The van der Waals surface area contributed by atoms with Crippen LogP contribution >= 0.6 is 0 Å². The summed E-state index contributed by atoms with van der Waals surface area (Å²) >= 11 is 0. The van der Waals surface area contributed by atoms with Crippen molar-refractivity contribution in [3.05, 3.63) is 63.3 Å². The summed E-state index contributed by atoms with van der Waals surface area (Å²) in [5.74, 6) is -1.51. The molecule has 1 aliphatic heterocycles. The number of piperazine rings is 1. The van der Waals surface area contributed by atoms with Crippen molar-refractivity contribution >= 4 is 22.6 Å². The summed E-state index contributed by atoms with van der Waals surface area (Å²) in [5, 5.41) is 2.42. The van der Waals surface area contributed by atoms with E-state index in [4.69, 9.17) is 0 Å². The lowest BCUT2D eigenvalue weighted by atomic mass is 10.1. The van der Waals surface area contributed by atoms with Gasteiger partial charge in [-0.05, 0) is 24.6 Å². The third-order valence-corrected chi connectivity index (χ3v) is 5.66. The Morgan fingerprint density at radius 1 is 1.16 bits per heavy atom. The molecule has 0 aliphatic carbocycles. The van der Waals surface area contributed by atoms with E-state index in [0.29, 0.717) is 67.1 Å². The predicted molar refractivity (Wildman–Crippen MR) is 117 cm³/mol. The van der Waals surface area contributed by atoms with E-state index in [1.54, 1.807) is 12.1 Å². The molecule has 0 atom stereocenters. The van der Waals surface area contributed by atoms with Gasteiger partial charge in [0.25, 0.3) is 11.5 Å². The van der Waals surface area contributed by atoms with Crippen LogP contribution in [-0.4, -0.2) is 59.0 Å². The van der Waals surface area contributed by atoms with E-state index >= 15 is 0 Å². The largest absolute Gasteiger partial charge is 0.365 e. The zero-order chi connectivity index (χ0) is 22.8. The van der Waals surface area contributed by atoms with Crippen molar-refractivity contribution < 1.29 is 13.6 Å². The Morgan fingerprint density at radius 3 is 2.56 bits per heavy atom. The van der Waals surface area contributed by atoms with Gasteiger partial charge < -0.3 is 15.2 Å². The van der Waals surface area contributed by atoms with Gasteiger partial charge >= 0.3 is 0 Å². The Bertz CT molecular complexity index is 1220. The van der Waals surface area contributed by atoms with Crippen molar-refractivity contribution in [2.75, 3.05) is 38.1 Å². The van der Waals surface area contributed by atoms with Gasteiger partial charge in [0, 0.05) is 51.4 Å². The Kier molecular flexibility index (Phi) is 6.13. The quantitative estimate of drug-likeness (QED) is 0.586. The SMILES string of the molecule is CCc1nc2cc(F)c(CN3CCN(c4ccc(C(=O)NC)nc4F)CC3)cc2[nH]c1=O. The van der Waals surface area contributed by atoms with Gasteiger partial charge in [-0.15, -0.1) is 0 Å². The second-order valence-corrected chi connectivity index (χ2v) is 7.68. The molecule has 0 radical (unpaired) electrons. The van der Waals surface area contributed by atoms with Crippen LogP contribution in [0, 0.1) is 11.8 Å². The number of carbonyl (C=O) groups excluding carboxylic acids is 1. The lowest BCUT2D eigenvalue weighted by molar-refractivity contribution is 0.0957. The minimum atomic E-state index is -0.692. The van der Waals surface area contributed by atoms with Gasteiger partial charge in [-0.3, -0.25) is 14.5 Å². The number of hydrogen-bond acceptors (Lipinski definition) is 6. The van der Waals surface area contributed by atoms with Gasteiger partial charge in [-0.2, -0.15) is 4.39 Å². The Labute approximate surface area is 183 Å². The van der Waals surface area contributed by atoms with Crippen molar-refractivity contribution in [1.82, 2.24) is 25.2 Å². The number of hydrogen-bond donors (Lipinski definition) is 2. The molecule has 0 unspecified atom stereocenters. The van der Waals surface area contributed by atoms with Crippen molar-refractivity contribution in [2.45, 2.75) is 19.9 Å². The maximum absolute atomic E-state index is 14.7. The van der Waals surface area contributed by atoms with Crippen LogP contribution in [0.3, 0.4) is 0 Å². The molecule has 4 rings (SSSR count). The smallest absolute Gasteiger partial charge is 0.270 e. The summed E-state index contributed by atoms with van der Waals surface area (Å²) in [6, 6.07) is 6.03. The first-order valence-electron chi connectivity index (χ1n) is 10.5. The standard InChI is InChI=1S/C22H24F2N6O2/c1-3-15-22(32)28-17-10-13(14(23)11-18(17)26-15)12-29-6-8-30(9-7-29)19-5-4-16(21(31)25-2)27-20(19)24/h4-5,10-11H,3,6-9,12H2,1-2H3,(H,25,31)(H,28,32). The molecule has 168 valence electrons. The van der Waals surface area contributed by atoms with Gasteiger partial charge in [0.15, 0.2) is 0 Å². The lowest BCUT2D eigenvalue weighted by Crippen LogP contribution is -2.46. The molecular formula is C22H24F2N6O2. The summed E-state index contributed by atoms with van der Waals surface area (Å²) in [6.45, 7) is 4.45. The fourth-order valence-corrected chi connectivity index (χ4v) is 3.86. The molecule has 2 N–H and O–H groups in total. The molecule has 1 fully saturated rings. The molecule has 0 saturated carbocycles. The van der Waals surface area contributed by atoms with Crippen LogP contribution in [0.15, 0.2) is 29.1 Å². The van der Waals surface area contributed by atoms with Gasteiger partial charge in [0.2, 0.25) is 5.95 Å². The Balaban J connectivity index is 1.45. The highest BCUT2D eigenvalue weighted by molar-refractivity contribution is 5.92. The van der Waals surface area contributed by atoms with E-state index in [9.17, 15) is 18.4 Å². The molecule has 1 saturated heterocycles. The normalized spacial score (nSPS) is 14.7. The highest BCUT2D eigenvalue weighted by Gasteiger charge is 2.22. The highest BCUT2D eigenvalue weighted by atomic mass is 19.1. The van der Waals surface area contributed by atoms with Crippen molar-refractivity contribution in [2.24, 2.45) is 0 Å². The zero-order valence-corrected chi connectivity index (χ0v) is 17.9. The fourth-order valence-electron chi connectivity index (χ4n) is 3.86. The van der Waals surface area contributed by atoms with Crippen LogP contribution in [0.25, 0.3) is 11.0 Å². The fraction of sp³-hybridized carbons (Fsp3) is 0.364. The minimum Gasteiger partial charge on any atom is -0.365 e. The Hall–Kier alpha value is -3.40. The average Bonchev–Trinajstić information content (AvgIpc) is 2.79. The second kappa shape index (κ2) is 8.99. The monoisotopic (exact) mass is 442 g/mol. The van der Waals surface area contributed by atoms with Crippen LogP contribution in [-0.2, 0) is 13.0 Å². The van der Waals surface area contributed by atoms with Gasteiger partial charge in [0.1, 0.15) is 17.2 Å². The van der Waals surface area contributed by atoms with Crippen LogP contribution < -0.4 is 15.8 Å². The molecule has 0 bridgehead atoms. The predicted octanol–water partition coefficient (Wildman–Crippen LogP) is 1.84. The van der Waals surface area contributed by atoms with Gasteiger partial charge in [-0.1, -0.05) is 6.92 Å². The third-order valence-electron chi connectivity index (χ3n) is 5.66. The van der Waals surface area contributed by atoms with Gasteiger partial charge in [0.05, 0.1) is 16.7 Å². The number of rotatable bonds is 5. The number of nitrogens with zero attached hydrogens (tertiary/aromatic N) is 4. The molecule has 1 aromatic carbocycles. The first-order valence-corrected chi connectivity index (χ1v) is 10.5. The zero-order valence-electron chi connectivity index (χ0n) is 17.9. The maximum atomic E-state index is 14.7. The number of carbonyl (C=O) groups is 1. The summed E-state index contributed by atoms with van der Waals surface area (Å²) in [6.07, 6.45) is 0.476. The molecular weight excluding hydrogens is 418 g/mol. The number of H-pyrrole nitrogens is 1. The first-order chi connectivity index (χ1) is 15.4.